The van der Waals surface area contributed by atoms with Gasteiger partial charge in [-0.3, -0.25) is 4.79 Å². The van der Waals surface area contributed by atoms with Crippen LogP contribution in [-0.2, 0) is 14.3 Å². The predicted molar refractivity (Wildman–Crippen MR) is 73.9 cm³/mol. The van der Waals surface area contributed by atoms with Gasteiger partial charge in [-0.25, -0.2) is 0 Å². The van der Waals surface area contributed by atoms with Crippen LogP contribution in [0.25, 0.3) is 0 Å². The first-order valence-corrected chi connectivity index (χ1v) is 7.26. The van der Waals surface area contributed by atoms with Crippen LogP contribution >= 0.6 is 11.8 Å². The van der Waals surface area contributed by atoms with Crippen molar-refractivity contribution in [1.29, 1.82) is 0 Å². The van der Waals surface area contributed by atoms with Gasteiger partial charge in [-0.2, -0.15) is 0 Å². The first kappa shape index (κ1) is 17.7. The van der Waals surface area contributed by atoms with Crippen molar-refractivity contribution < 1.29 is 19.4 Å². The zero-order chi connectivity index (χ0) is 14.0. The second-order valence-corrected chi connectivity index (χ2v) is 5.52. The summed E-state index contributed by atoms with van der Waals surface area (Å²) in [5, 5.41) is 12.4. The van der Waals surface area contributed by atoms with Gasteiger partial charge >= 0.3 is 0 Å². The maximum Gasteiger partial charge on any atom is 0.230 e. The van der Waals surface area contributed by atoms with Crippen molar-refractivity contribution in [3.8, 4) is 0 Å². The maximum absolute atomic E-state index is 11.3. The van der Waals surface area contributed by atoms with E-state index in [0.717, 1.165) is 0 Å². The standard InChI is InChI=1S/C12H25NO4S/c1-9(2)13-12(15)8-18-7-11(14)6-17-10(3)5-16-4/h9-11,14H,5-8H2,1-4H3,(H,13,15). The second-order valence-electron chi connectivity index (χ2n) is 4.49. The lowest BCUT2D eigenvalue weighted by Crippen LogP contribution is -2.32. The Morgan fingerprint density at radius 3 is 2.56 bits per heavy atom. The molecule has 0 saturated heterocycles. The fourth-order valence-electron chi connectivity index (χ4n) is 1.26. The van der Waals surface area contributed by atoms with Gasteiger partial charge in [0.05, 0.1) is 31.2 Å². The van der Waals surface area contributed by atoms with Crippen LogP contribution in [0.4, 0.5) is 0 Å². The zero-order valence-corrected chi connectivity index (χ0v) is 12.5. The highest BCUT2D eigenvalue weighted by atomic mass is 32.2. The number of aliphatic hydroxyl groups excluding tert-OH is 1. The van der Waals surface area contributed by atoms with Crippen LogP contribution in [0.2, 0.25) is 0 Å². The van der Waals surface area contributed by atoms with E-state index in [9.17, 15) is 9.90 Å². The van der Waals surface area contributed by atoms with Gasteiger partial charge in [0.25, 0.3) is 0 Å². The van der Waals surface area contributed by atoms with Gasteiger partial charge in [-0.05, 0) is 20.8 Å². The van der Waals surface area contributed by atoms with E-state index in [2.05, 4.69) is 5.32 Å². The fourth-order valence-corrected chi connectivity index (χ4v) is 2.01. The molecule has 6 heteroatoms. The number of ether oxygens (including phenoxy) is 2. The van der Waals surface area contributed by atoms with Crippen molar-refractivity contribution in [3.05, 3.63) is 0 Å². The van der Waals surface area contributed by atoms with E-state index in [4.69, 9.17) is 9.47 Å². The quantitative estimate of drug-likeness (QED) is 0.615. The van der Waals surface area contributed by atoms with Gasteiger partial charge in [-0.1, -0.05) is 0 Å². The molecule has 18 heavy (non-hydrogen) atoms. The molecule has 0 bridgehead atoms. The van der Waals surface area contributed by atoms with Gasteiger partial charge in [-0.15, -0.1) is 11.8 Å². The minimum atomic E-state index is -0.554. The Morgan fingerprint density at radius 1 is 1.33 bits per heavy atom. The molecule has 108 valence electrons. The molecule has 0 aliphatic carbocycles. The predicted octanol–water partition coefficient (Wildman–Crippen LogP) is 0.657. The molecule has 0 fully saturated rings. The number of carbonyl (C=O) groups is 1. The molecular formula is C12H25NO4S. The van der Waals surface area contributed by atoms with Gasteiger partial charge in [0.2, 0.25) is 5.91 Å². The molecule has 2 unspecified atom stereocenters. The van der Waals surface area contributed by atoms with Crippen LogP contribution in [0.1, 0.15) is 20.8 Å². The van der Waals surface area contributed by atoms with Crippen LogP contribution in [0, 0.1) is 0 Å². The summed E-state index contributed by atoms with van der Waals surface area (Å²) in [5.41, 5.74) is 0. The van der Waals surface area contributed by atoms with Crippen molar-refractivity contribution in [2.75, 3.05) is 31.8 Å². The number of thioether (sulfide) groups is 1. The molecule has 0 heterocycles. The van der Waals surface area contributed by atoms with E-state index >= 15 is 0 Å². The number of carbonyl (C=O) groups excluding carboxylic acids is 1. The summed E-state index contributed by atoms with van der Waals surface area (Å²) in [6.45, 7) is 6.50. The Hall–Kier alpha value is -0.300. The molecule has 0 aliphatic rings. The molecule has 2 N–H and O–H groups in total. The molecule has 0 saturated carbocycles. The lowest BCUT2D eigenvalue weighted by atomic mass is 10.4. The van der Waals surface area contributed by atoms with Gasteiger partial charge in [0, 0.05) is 18.9 Å². The Bertz CT molecular complexity index is 226. The number of hydrogen-bond donors (Lipinski definition) is 2. The highest BCUT2D eigenvalue weighted by Crippen LogP contribution is 2.04. The highest BCUT2D eigenvalue weighted by molar-refractivity contribution is 7.99. The van der Waals surface area contributed by atoms with E-state index in [1.54, 1.807) is 7.11 Å². The molecule has 0 aliphatic heterocycles. The lowest BCUT2D eigenvalue weighted by molar-refractivity contribution is -0.119. The van der Waals surface area contributed by atoms with Crippen molar-refractivity contribution in [2.45, 2.75) is 39.0 Å². The average Bonchev–Trinajstić information content (AvgIpc) is 2.25. The third kappa shape index (κ3) is 10.8. The number of nitrogens with one attached hydrogen (secondary N) is 1. The minimum absolute atomic E-state index is 0.00382. The first-order valence-electron chi connectivity index (χ1n) is 6.11. The number of amides is 1. The summed E-state index contributed by atoms with van der Waals surface area (Å²) in [6, 6.07) is 0.154. The summed E-state index contributed by atoms with van der Waals surface area (Å²) in [6.07, 6.45) is -0.583. The third-order valence-electron chi connectivity index (χ3n) is 1.97. The molecular weight excluding hydrogens is 254 g/mol. The summed E-state index contributed by atoms with van der Waals surface area (Å²) >= 11 is 1.40. The maximum atomic E-state index is 11.3. The van der Waals surface area contributed by atoms with Crippen LogP contribution in [0.5, 0.6) is 0 Å². The summed E-state index contributed by atoms with van der Waals surface area (Å²) < 4.78 is 10.3. The van der Waals surface area contributed by atoms with Crippen molar-refractivity contribution in [3.63, 3.8) is 0 Å². The normalized spacial score (nSPS) is 14.6. The average molecular weight is 279 g/mol. The van der Waals surface area contributed by atoms with Crippen LogP contribution in [0.3, 0.4) is 0 Å². The smallest absolute Gasteiger partial charge is 0.230 e. The molecule has 1 amide bonds. The number of hydrogen-bond acceptors (Lipinski definition) is 5. The second kappa shape index (κ2) is 10.6. The monoisotopic (exact) mass is 279 g/mol. The molecule has 0 aromatic carbocycles. The van der Waals surface area contributed by atoms with Crippen molar-refractivity contribution in [1.82, 2.24) is 5.32 Å². The molecule has 0 aromatic heterocycles. The van der Waals surface area contributed by atoms with E-state index < -0.39 is 6.10 Å². The van der Waals surface area contributed by atoms with Crippen molar-refractivity contribution in [2.24, 2.45) is 0 Å². The van der Waals surface area contributed by atoms with Gasteiger partial charge < -0.3 is 19.9 Å². The molecule has 0 radical (unpaired) electrons. The number of aliphatic hydroxyl groups is 1. The summed E-state index contributed by atoms with van der Waals surface area (Å²) in [7, 11) is 1.61. The van der Waals surface area contributed by atoms with E-state index in [1.807, 2.05) is 20.8 Å². The van der Waals surface area contributed by atoms with Gasteiger partial charge in [0.15, 0.2) is 0 Å². The highest BCUT2D eigenvalue weighted by Gasteiger charge is 2.10. The Morgan fingerprint density at radius 2 is 2.00 bits per heavy atom. The lowest BCUT2D eigenvalue weighted by Gasteiger charge is -2.15. The molecule has 2 atom stereocenters. The largest absolute Gasteiger partial charge is 0.390 e. The fraction of sp³-hybridized carbons (Fsp3) is 0.917. The number of rotatable bonds is 10. The summed E-state index contributed by atoms with van der Waals surface area (Å²) in [5.74, 6) is 0.851. The van der Waals surface area contributed by atoms with Crippen LogP contribution < -0.4 is 5.32 Å². The molecule has 0 spiro atoms. The zero-order valence-electron chi connectivity index (χ0n) is 11.6. The van der Waals surface area contributed by atoms with E-state index in [-0.39, 0.29) is 24.7 Å². The topological polar surface area (TPSA) is 67.8 Å². The molecule has 5 nitrogen and oxygen atoms in total. The SMILES string of the molecule is COCC(C)OCC(O)CSCC(=O)NC(C)C. The first-order chi connectivity index (χ1) is 8.45. The van der Waals surface area contributed by atoms with Crippen LogP contribution in [-0.4, -0.2) is 61.1 Å². The Balaban J connectivity index is 3.52. The minimum Gasteiger partial charge on any atom is -0.390 e. The summed E-state index contributed by atoms with van der Waals surface area (Å²) in [4.78, 5) is 11.3. The van der Waals surface area contributed by atoms with Crippen molar-refractivity contribution >= 4 is 17.7 Å². The Labute approximate surface area is 114 Å². The van der Waals surface area contributed by atoms with Crippen LogP contribution in [0.15, 0.2) is 0 Å². The molecule has 0 rings (SSSR count). The number of methoxy groups -OCH3 is 1. The Kier molecular flexibility index (Phi) is 10.4. The third-order valence-corrected chi connectivity index (χ3v) is 3.05. The van der Waals surface area contributed by atoms with E-state index in [0.29, 0.717) is 18.1 Å². The van der Waals surface area contributed by atoms with E-state index in [1.165, 1.54) is 11.8 Å². The van der Waals surface area contributed by atoms with Gasteiger partial charge in [0.1, 0.15) is 0 Å². The molecule has 0 aromatic rings.